The van der Waals surface area contributed by atoms with Gasteiger partial charge in [0.1, 0.15) is 22.7 Å². The molecule has 9 nitrogen and oxygen atoms in total. The van der Waals surface area contributed by atoms with Gasteiger partial charge in [-0.2, -0.15) is 13.2 Å². The summed E-state index contributed by atoms with van der Waals surface area (Å²) < 4.78 is 44.4. The van der Waals surface area contributed by atoms with Gasteiger partial charge in [0.15, 0.2) is 5.69 Å². The summed E-state index contributed by atoms with van der Waals surface area (Å²) in [7, 11) is 0. The van der Waals surface area contributed by atoms with Crippen molar-refractivity contribution in [3.8, 4) is 11.8 Å². The normalized spacial score (nSPS) is 11.9. The monoisotopic (exact) mass is 535 g/mol. The maximum Gasteiger partial charge on any atom is 0.416 e. The zero-order valence-electron chi connectivity index (χ0n) is 19.6. The van der Waals surface area contributed by atoms with Gasteiger partial charge in [0.05, 0.1) is 11.6 Å². The number of aromatic nitrogens is 3. The van der Waals surface area contributed by atoms with Crippen LogP contribution in [0.15, 0.2) is 35.1 Å². The Morgan fingerprint density at radius 3 is 2.68 bits per heavy atom. The van der Waals surface area contributed by atoms with E-state index in [-0.39, 0.29) is 45.7 Å². The van der Waals surface area contributed by atoms with E-state index in [1.54, 1.807) is 6.92 Å². The minimum absolute atomic E-state index is 0.00586. The Hall–Kier alpha value is -3.95. The highest BCUT2D eigenvalue weighted by Crippen LogP contribution is 2.33. The number of carbonyl (C=O) groups excluding carboxylic acids is 2. The number of rotatable bonds is 7. The molecule has 37 heavy (non-hydrogen) atoms. The van der Waals surface area contributed by atoms with Crippen LogP contribution in [0.25, 0.3) is 0 Å². The van der Waals surface area contributed by atoms with E-state index < -0.39 is 29.6 Å². The Morgan fingerprint density at radius 1 is 1.22 bits per heavy atom. The Balaban J connectivity index is 1.68. The van der Waals surface area contributed by atoms with Crippen LogP contribution >= 0.6 is 11.6 Å². The van der Waals surface area contributed by atoms with Crippen molar-refractivity contribution in [2.45, 2.75) is 38.9 Å². The molecule has 0 aliphatic rings. The molecule has 2 amide bonds. The summed E-state index contributed by atoms with van der Waals surface area (Å²) in [5, 5.41) is 17.5. The molecule has 3 rings (SSSR count). The van der Waals surface area contributed by atoms with Crippen molar-refractivity contribution in [2.24, 2.45) is 0 Å². The quantitative estimate of drug-likeness (QED) is 0.303. The third-order valence-electron chi connectivity index (χ3n) is 5.02. The number of aliphatic hydroxyl groups excluding tert-OH is 1. The molecule has 0 spiro atoms. The predicted octanol–water partition coefficient (Wildman–Crippen LogP) is 4.31. The number of halogens is 4. The SMILES string of the molecule is Cc1ccc(NC(=O)c2cc([C@H](C)NC(=O)c3ncnc(C#CCCCO)c3Cl)no2)cc1C(F)(F)F. The molecule has 194 valence electrons. The zero-order chi connectivity index (χ0) is 27.2. The van der Waals surface area contributed by atoms with Crippen molar-refractivity contribution in [2.75, 3.05) is 11.9 Å². The Morgan fingerprint density at radius 2 is 1.97 bits per heavy atom. The van der Waals surface area contributed by atoms with E-state index in [9.17, 15) is 22.8 Å². The van der Waals surface area contributed by atoms with Crippen LogP contribution in [-0.4, -0.2) is 38.7 Å². The summed E-state index contributed by atoms with van der Waals surface area (Å²) in [6, 6.07) is 3.90. The van der Waals surface area contributed by atoms with E-state index >= 15 is 0 Å². The second-order valence-corrected chi connectivity index (χ2v) is 8.18. The van der Waals surface area contributed by atoms with E-state index in [2.05, 4.69) is 37.6 Å². The Kier molecular flexibility index (Phi) is 8.86. The van der Waals surface area contributed by atoms with Gasteiger partial charge in [-0.25, -0.2) is 9.97 Å². The van der Waals surface area contributed by atoms with Crippen LogP contribution in [-0.2, 0) is 6.18 Å². The first-order valence-electron chi connectivity index (χ1n) is 10.9. The first kappa shape index (κ1) is 27.6. The Bertz CT molecular complexity index is 1360. The number of aryl methyl sites for hydroxylation is 1. The van der Waals surface area contributed by atoms with Crippen molar-refractivity contribution >= 4 is 29.1 Å². The molecule has 0 bridgehead atoms. The topological polar surface area (TPSA) is 130 Å². The lowest BCUT2D eigenvalue weighted by Gasteiger charge is -2.12. The van der Waals surface area contributed by atoms with Crippen LogP contribution in [0, 0.1) is 18.8 Å². The van der Waals surface area contributed by atoms with Crippen LogP contribution < -0.4 is 10.6 Å². The van der Waals surface area contributed by atoms with Gasteiger partial charge < -0.3 is 20.3 Å². The van der Waals surface area contributed by atoms with E-state index in [1.165, 1.54) is 25.1 Å². The molecule has 0 fully saturated rings. The molecular formula is C24H21ClF3N5O4. The minimum atomic E-state index is -4.57. The molecule has 0 radical (unpaired) electrons. The summed E-state index contributed by atoms with van der Waals surface area (Å²) >= 11 is 6.22. The van der Waals surface area contributed by atoms with Gasteiger partial charge >= 0.3 is 6.18 Å². The number of alkyl halides is 3. The van der Waals surface area contributed by atoms with Crippen molar-refractivity contribution in [1.82, 2.24) is 20.4 Å². The lowest BCUT2D eigenvalue weighted by Crippen LogP contribution is -2.28. The van der Waals surface area contributed by atoms with E-state index in [1.807, 2.05) is 0 Å². The molecule has 2 aromatic heterocycles. The van der Waals surface area contributed by atoms with Crippen LogP contribution in [0.5, 0.6) is 0 Å². The Labute approximate surface area is 214 Å². The number of anilines is 1. The van der Waals surface area contributed by atoms with Crippen molar-refractivity contribution in [3.05, 3.63) is 69.6 Å². The van der Waals surface area contributed by atoms with Gasteiger partial charge in [-0.15, -0.1) is 0 Å². The van der Waals surface area contributed by atoms with Crippen molar-refractivity contribution in [1.29, 1.82) is 0 Å². The van der Waals surface area contributed by atoms with Gasteiger partial charge in [0.2, 0.25) is 5.76 Å². The summed E-state index contributed by atoms with van der Waals surface area (Å²) in [6.45, 7) is 2.88. The predicted molar refractivity (Wildman–Crippen MR) is 127 cm³/mol. The number of amides is 2. The number of nitrogens with zero attached hydrogens (tertiary/aromatic N) is 3. The highest BCUT2D eigenvalue weighted by Gasteiger charge is 2.32. The summed E-state index contributed by atoms with van der Waals surface area (Å²) in [6.07, 6.45) is -2.53. The van der Waals surface area contributed by atoms with Crippen molar-refractivity contribution < 1.29 is 32.4 Å². The smallest absolute Gasteiger partial charge is 0.396 e. The molecule has 0 aliphatic heterocycles. The van der Waals surface area contributed by atoms with Crippen LogP contribution in [0.1, 0.15) is 69.4 Å². The lowest BCUT2D eigenvalue weighted by molar-refractivity contribution is -0.138. The van der Waals surface area contributed by atoms with E-state index in [0.717, 1.165) is 12.4 Å². The van der Waals surface area contributed by atoms with Gasteiger partial charge in [-0.1, -0.05) is 28.7 Å². The van der Waals surface area contributed by atoms with Crippen LogP contribution in [0.3, 0.4) is 0 Å². The van der Waals surface area contributed by atoms with Crippen LogP contribution in [0.4, 0.5) is 18.9 Å². The van der Waals surface area contributed by atoms with Gasteiger partial charge in [0, 0.05) is 24.8 Å². The molecule has 0 saturated carbocycles. The average molecular weight is 536 g/mol. The second-order valence-electron chi connectivity index (χ2n) is 7.81. The lowest BCUT2D eigenvalue weighted by atomic mass is 10.1. The third kappa shape index (κ3) is 7.05. The third-order valence-corrected chi connectivity index (χ3v) is 5.37. The molecule has 3 N–H and O–H groups in total. The largest absolute Gasteiger partial charge is 0.416 e. The number of unbranched alkanes of at least 4 members (excludes halogenated alkanes) is 1. The van der Waals surface area contributed by atoms with Crippen molar-refractivity contribution in [3.63, 3.8) is 0 Å². The fourth-order valence-corrected chi connectivity index (χ4v) is 3.30. The minimum Gasteiger partial charge on any atom is -0.396 e. The summed E-state index contributed by atoms with van der Waals surface area (Å²) in [5.41, 5.74) is -0.735. The molecule has 1 aromatic carbocycles. The molecule has 0 unspecified atom stereocenters. The average Bonchev–Trinajstić information content (AvgIpc) is 3.34. The highest BCUT2D eigenvalue weighted by atomic mass is 35.5. The standard InChI is InChI=1S/C24H21ClF3N5O4/c1-13-7-8-15(10-16(13)24(26,27)28)32-22(35)19-11-18(33-37-19)14(2)31-23(36)21-20(25)17(29-12-30-21)6-4-3-5-9-34/h7-8,10-12,14,34H,3,5,9H2,1-2H3,(H,31,36)(H,32,35)/t14-/m0/s1. The number of aliphatic hydroxyl groups is 1. The zero-order valence-corrected chi connectivity index (χ0v) is 20.4. The number of carbonyl (C=O) groups is 2. The molecule has 13 heteroatoms. The molecular weight excluding hydrogens is 515 g/mol. The molecule has 3 aromatic rings. The maximum atomic E-state index is 13.1. The second kappa shape index (κ2) is 11.9. The van der Waals surface area contributed by atoms with Gasteiger partial charge in [-0.3, -0.25) is 9.59 Å². The maximum absolute atomic E-state index is 13.1. The highest BCUT2D eigenvalue weighted by molar-refractivity contribution is 6.34. The molecule has 1 atom stereocenters. The number of benzene rings is 1. The molecule has 2 heterocycles. The number of hydrogen-bond acceptors (Lipinski definition) is 7. The van der Waals surface area contributed by atoms with Gasteiger partial charge in [-0.05, 0) is 43.9 Å². The summed E-state index contributed by atoms with van der Waals surface area (Å²) in [5.74, 6) is 3.75. The first-order chi connectivity index (χ1) is 17.5. The summed E-state index contributed by atoms with van der Waals surface area (Å²) in [4.78, 5) is 33.0. The molecule has 0 saturated heterocycles. The fraction of sp³-hybridized carbons (Fsp3) is 0.292. The first-order valence-corrected chi connectivity index (χ1v) is 11.3. The van der Waals surface area contributed by atoms with E-state index in [0.29, 0.717) is 12.8 Å². The number of nitrogens with one attached hydrogen (secondary N) is 2. The number of hydrogen-bond donors (Lipinski definition) is 3. The van der Waals surface area contributed by atoms with Gasteiger partial charge in [0.25, 0.3) is 11.8 Å². The van der Waals surface area contributed by atoms with E-state index in [4.69, 9.17) is 21.2 Å². The molecule has 0 aliphatic carbocycles. The van der Waals surface area contributed by atoms with Crippen LogP contribution in [0.2, 0.25) is 5.02 Å². The fourth-order valence-electron chi connectivity index (χ4n) is 3.07.